The topological polar surface area (TPSA) is 32.6 Å². The first kappa shape index (κ1) is 9.21. The van der Waals surface area contributed by atoms with E-state index in [1.54, 1.807) is 0 Å². The molecule has 1 N–H and O–H groups in total. The van der Waals surface area contributed by atoms with Crippen LogP contribution in [0.1, 0.15) is 33.1 Å². The number of nitrogens with zero attached hydrogens (tertiary/aromatic N) is 1. The maximum Gasteiger partial charge on any atom is 0.203 e. The summed E-state index contributed by atoms with van der Waals surface area (Å²) in [5.74, 6) is -0.0893. The van der Waals surface area contributed by atoms with Gasteiger partial charge in [-0.25, -0.2) is 4.99 Å². The Morgan fingerprint density at radius 1 is 1.60 bits per heavy atom. The molecule has 0 amide bonds. The lowest BCUT2D eigenvalue weighted by Crippen LogP contribution is -1.91. The standard InChI is InChI=1S/C8H15NO/c1-4-5-6-7(2)9-8(3)10/h10H,3-6H2,1-2H3. The molecule has 0 radical (unpaired) electrons. The second-order valence-electron chi connectivity index (χ2n) is 2.37. The molecule has 0 aromatic heterocycles. The Balaban J connectivity index is 3.60. The lowest BCUT2D eigenvalue weighted by molar-refractivity contribution is 0.409. The first-order valence-corrected chi connectivity index (χ1v) is 3.59. The number of hydrogen-bond donors (Lipinski definition) is 1. The number of unbranched alkanes of at least 4 members (excludes halogenated alkanes) is 1. The average molecular weight is 141 g/mol. The van der Waals surface area contributed by atoms with E-state index < -0.39 is 0 Å². The highest BCUT2D eigenvalue weighted by Gasteiger charge is 1.90. The summed E-state index contributed by atoms with van der Waals surface area (Å²) in [5.41, 5.74) is 0.953. The Morgan fingerprint density at radius 3 is 2.60 bits per heavy atom. The summed E-state index contributed by atoms with van der Waals surface area (Å²) in [6, 6.07) is 0. The maximum absolute atomic E-state index is 8.64. The number of aliphatic imine (C=N–C) groups is 1. The van der Waals surface area contributed by atoms with Crippen LogP contribution in [0.2, 0.25) is 0 Å². The van der Waals surface area contributed by atoms with E-state index in [-0.39, 0.29) is 5.88 Å². The third-order valence-electron chi connectivity index (χ3n) is 1.21. The van der Waals surface area contributed by atoms with Gasteiger partial charge in [0.2, 0.25) is 5.88 Å². The van der Waals surface area contributed by atoms with Crippen LogP contribution in [0.15, 0.2) is 17.5 Å². The molecule has 0 aliphatic carbocycles. The van der Waals surface area contributed by atoms with Crippen LogP contribution in [-0.2, 0) is 0 Å². The molecule has 0 spiro atoms. The minimum Gasteiger partial charge on any atom is -0.494 e. The molecule has 0 atom stereocenters. The molecule has 10 heavy (non-hydrogen) atoms. The molecular formula is C8H15NO. The normalized spacial score (nSPS) is 11.6. The van der Waals surface area contributed by atoms with E-state index in [4.69, 9.17) is 5.11 Å². The smallest absolute Gasteiger partial charge is 0.203 e. The van der Waals surface area contributed by atoms with Gasteiger partial charge in [0.25, 0.3) is 0 Å². The van der Waals surface area contributed by atoms with Gasteiger partial charge >= 0.3 is 0 Å². The van der Waals surface area contributed by atoms with Crippen LogP contribution in [-0.4, -0.2) is 10.8 Å². The van der Waals surface area contributed by atoms with Crippen molar-refractivity contribution in [1.29, 1.82) is 0 Å². The number of aliphatic hydroxyl groups is 1. The molecule has 2 nitrogen and oxygen atoms in total. The van der Waals surface area contributed by atoms with Gasteiger partial charge in [0.15, 0.2) is 0 Å². The summed E-state index contributed by atoms with van der Waals surface area (Å²) >= 11 is 0. The molecule has 0 aliphatic rings. The van der Waals surface area contributed by atoms with Gasteiger partial charge in [0, 0.05) is 5.71 Å². The van der Waals surface area contributed by atoms with Gasteiger partial charge in [0.1, 0.15) is 0 Å². The van der Waals surface area contributed by atoms with Crippen LogP contribution < -0.4 is 0 Å². The molecule has 0 fully saturated rings. The van der Waals surface area contributed by atoms with Crippen molar-refractivity contribution in [3.8, 4) is 0 Å². The summed E-state index contributed by atoms with van der Waals surface area (Å²) in [6.45, 7) is 7.30. The summed E-state index contributed by atoms with van der Waals surface area (Å²) in [7, 11) is 0. The highest BCUT2D eigenvalue weighted by molar-refractivity contribution is 5.82. The van der Waals surface area contributed by atoms with E-state index in [9.17, 15) is 0 Å². The van der Waals surface area contributed by atoms with E-state index in [1.165, 1.54) is 0 Å². The van der Waals surface area contributed by atoms with E-state index >= 15 is 0 Å². The SMILES string of the molecule is C=C(O)N=C(C)CCCC. The van der Waals surface area contributed by atoms with Gasteiger partial charge in [0.05, 0.1) is 0 Å². The van der Waals surface area contributed by atoms with Gasteiger partial charge in [-0.15, -0.1) is 0 Å². The van der Waals surface area contributed by atoms with Crippen molar-refractivity contribution in [2.45, 2.75) is 33.1 Å². The van der Waals surface area contributed by atoms with Crippen molar-refractivity contribution in [2.24, 2.45) is 4.99 Å². The van der Waals surface area contributed by atoms with E-state index in [0.717, 1.165) is 25.0 Å². The summed E-state index contributed by atoms with van der Waals surface area (Å²) in [4.78, 5) is 3.79. The Bertz CT molecular complexity index is 138. The molecule has 0 aromatic carbocycles. The van der Waals surface area contributed by atoms with Crippen LogP contribution in [0.5, 0.6) is 0 Å². The molecule has 58 valence electrons. The second kappa shape index (κ2) is 5.03. The van der Waals surface area contributed by atoms with Gasteiger partial charge in [-0.2, -0.15) is 0 Å². The zero-order chi connectivity index (χ0) is 7.98. The van der Waals surface area contributed by atoms with Gasteiger partial charge in [-0.1, -0.05) is 13.3 Å². The molecule has 0 saturated carbocycles. The van der Waals surface area contributed by atoms with Crippen molar-refractivity contribution in [3.63, 3.8) is 0 Å². The quantitative estimate of drug-likeness (QED) is 0.473. The highest BCUT2D eigenvalue weighted by Crippen LogP contribution is 1.98. The molecule has 0 bridgehead atoms. The second-order valence-corrected chi connectivity index (χ2v) is 2.37. The Labute approximate surface area is 62.3 Å². The lowest BCUT2D eigenvalue weighted by Gasteiger charge is -1.96. The first-order valence-electron chi connectivity index (χ1n) is 3.59. The Hall–Kier alpha value is -0.790. The average Bonchev–Trinajstić information content (AvgIpc) is 1.82. The van der Waals surface area contributed by atoms with Crippen molar-refractivity contribution in [3.05, 3.63) is 12.5 Å². The van der Waals surface area contributed by atoms with Crippen LogP contribution in [0.25, 0.3) is 0 Å². The molecular weight excluding hydrogens is 126 g/mol. The zero-order valence-electron chi connectivity index (χ0n) is 6.72. The fourth-order valence-electron chi connectivity index (χ4n) is 0.709. The first-order chi connectivity index (χ1) is 4.66. The van der Waals surface area contributed by atoms with Crippen LogP contribution in [0.3, 0.4) is 0 Å². The molecule has 0 aromatic rings. The predicted molar refractivity (Wildman–Crippen MR) is 44.4 cm³/mol. The Morgan fingerprint density at radius 2 is 2.20 bits per heavy atom. The van der Waals surface area contributed by atoms with E-state index in [0.29, 0.717) is 0 Å². The minimum absolute atomic E-state index is 0.0893. The van der Waals surface area contributed by atoms with Crippen molar-refractivity contribution in [2.75, 3.05) is 0 Å². The number of aliphatic hydroxyl groups excluding tert-OH is 1. The number of hydrogen-bond acceptors (Lipinski definition) is 2. The van der Waals surface area contributed by atoms with Crippen molar-refractivity contribution in [1.82, 2.24) is 0 Å². The van der Waals surface area contributed by atoms with E-state index in [2.05, 4.69) is 18.5 Å². The zero-order valence-corrected chi connectivity index (χ0v) is 6.72. The third-order valence-corrected chi connectivity index (χ3v) is 1.21. The fraction of sp³-hybridized carbons (Fsp3) is 0.625. The van der Waals surface area contributed by atoms with Crippen LogP contribution in [0.4, 0.5) is 0 Å². The number of rotatable bonds is 4. The van der Waals surface area contributed by atoms with Crippen LogP contribution >= 0.6 is 0 Å². The molecule has 0 heterocycles. The molecule has 0 rings (SSSR count). The maximum atomic E-state index is 8.64. The van der Waals surface area contributed by atoms with Gasteiger partial charge < -0.3 is 5.11 Å². The van der Waals surface area contributed by atoms with Crippen molar-refractivity contribution < 1.29 is 5.11 Å². The van der Waals surface area contributed by atoms with Gasteiger partial charge in [-0.05, 0) is 26.3 Å². The molecule has 0 aliphatic heterocycles. The van der Waals surface area contributed by atoms with Crippen LogP contribution in [0, 0.1) is 0 Å². The summed E-state index contributed by atoms with van der Waals surface area (Å²) < 4.78 is 0. The minimum atomic E-state index is -0.0893. The predicted octanol–water partition coefficient (Wildman–Crippen LogP) is 2.67. The van der Waals surface area contributed by atoms with E-state index in [1.807, 2.05) is 6.92 Å². The lowest BCUT2D eigenvalue weighted by atomic mass is 10.2. The highest BCUT2D eigenvalue weighted by atomic mass is 16.3. The molecule has 0 unspecified atom stereocenters. The fourth-order valence-corrected chi connectivity index (χ4v) is 0.709. The largest absolute Gasteiger partial charge is 0.494 e. The van der Waals surface area contributed by atoms with Crippen molar-refractivity contribution >= 4 is 5.71 Å². The molecule has 0 saturated heterocycles. The Kier molecular flexibility index (Phi) is 4.63. The van der Waals surface area contributed by atoms with Gasteiger partial charge in [-0.3, -0.25) is 0 Å². The summed E-state index contributed by atoms with van der Waals surface area (Å²) in [6.07, 6.45) is 3.24. The monoisotopic (exact) mass is 141 g/mol. The third kappa shape index (κ3) is 5.35. The molecule has 2 heteroatoms. The summed E-state index contributed by atoms with van der Waals surface area (Å²) in [5, 5.41) is 8.64.